The Hall–Kier alpha value is -2.46. The van der Waals surface area contributed by atoms with Crippen LogP contribution in [0.3, 0.4) is 0 Å². The summed E-state index contributed by atoms with van der Waals surface area (Å²) in [5, 5.41) is 10.7. The van der Waals surface area contributed by atoms with E-state index in [0.717, 1.165) is 11.1 Å². The van der Waals surface area contributed by atoms with Crippen molar-refractivity contribution >= 4 is 12.9 Å². The zero-order chi connectivity index (χ0) is 20.1. The quantitative estimate of drug-likeness (QED) is 0.562. The molecule has 0 aliphatic heterocycles. The molecule has 28 heavy (non-hydrogen) atoms. The smallest absolute Gasteiger partial charge is 0.410 e. The lowest BCUT2D eigenvalue weighted by Crippen LogP contribution is -2.16. The molecule has 146 valence electrons. The normalized spacial score (nSPS) is 14.3. The third-order valence-electron chi connectivity index (χ3n) is 4.25. The van der Waals surface area contributed by atoms with Gasteiger partial charge in [-0.25, -0.2) is 8.96 Å². The van der Waals surface area contributed by atoms with E-state index in [9.17, 15) is 14.1 Å². The van der Waals surface area contributed by atoms with Crippen LogP contribution in [0.25, 0.3) is 0 Å². The molecule has 6 heteroatoms. The van der Waals surface area contributed by atoms with Crippen LogP contribution in [0.15, 0.2) is 72.8 Å². The molecule has 3 rings (SSSR count). The number of aryl methyl sites for hydroxylation is 2. The second kappa shape index (κ2) is 8.70. The molecule has 0 saturated carbocycles. The zero-order valence-electron chi connectivity index (χ0n) is 15.7. The van der Waals surface area contributed by atoms with Gasteiger partial charge in [0.05, 0.1) is 11.9 Å². The van der Waals surface area contributed by atoms with Crippen LogP contribution in [0.4, 0.5) is 4.39 Å². The number of benzene rings is 3. The summed E-state index contributed by atoms with van der Waals surface area (Å²) in [4.78, 5) is 0. The molecule has 0 bridgehead atoms. The fourth-order valence-electron chi connectivity index (χ4n) is 2.57. The van der Waals surface area contributed by atoms with Crippen molar-refractivity contribution in [3.63, 3.8) is 0 Å². The molecule has 0 heterocycles. The minimum Gasteiger partial charge on any atom is -0.421 e. The molecule has 2 atom stereocenters. The van der Waals surface area contributed by atoms with Crippen LogP contribution in [0, 0.1) is 19.7 Å². The van der Waals surface area contributed by atoms with Gasteiger partial charge in [0, 0.05) is 0 Å². The van der Waals surface area contributed by atoms with Crippen LogP contribution in [0.2, 0.25) is 0 Å². The molecule has 0 saturated heterocycles. The highest BCUT2D eigenvalue weighted by Crippen LogP contribution is 2.48. The van der Waals surface area contributed by atoms with Crippen LogP contribution in [-0.4, -0.2) is 11.7 Å². The van der Waals surface area contributed by atoms with Crippen molar-refractivity contribution < 1.29 is 23.1 Å². The van der Waals surface area contributed by atoms with Crippen LogP contribution < -0.4 is 9.83 Å². The van der Waals surface area contributed by atoms with Gasteiger partial charge in [-0.3, -0.25) is 4.52 Å². The van der Waals surface area contributed by atoms with Crippen molar-refractivity contribution in [2.24, 2.45) is 0 Å². The molecule has 0 aromatic heterocycles. The molecule has 0 radical (unpaired) electrons. The van der Waals surface area contributed by atoms with Crippen molar-refractivity contribution in [2.75, 3.05) is 6.61 Å². The predicted octanol–water partition coefficient (Wildman–Crippen LogP) is 5.09. The standard InChI is InChI=1S/C22H22FO4P/c1-16-3-11-20(12-4-16)27-28(25,21-13-5-17(2)6-14-21)26-15-22(24)18-7-9-19(23)10-8-18/h3-14,22,24H,15H2,1-2H3/t22-,28?/m1/s1. The summed E-state index contributed by atoms with van der Waals surface area (Å²) in [7, 11) is -3.75. The van der Waals surface area contributed by atoms with Crippen LogP contribution in [-0.2, 0) is 9.09 Å². The highest BCUT2D eigenvalue weighted by molar-refractivity contribution is 7.62. The van der Waals surface area contributed by atoms with E-state index in [-0.39, 0.29) is 6.61 Å². The minimum absolute atomic E-state index is 0.261. The molecular weight excluding hydrogens is 378 g/mol. The molecule has 3 aromatic rings. The summed E-state index contributed by atoms with van der Waals surface area (Å²) in [6.07, 6.45) is -1.07. The Bertz CT molecular complexity index is 953. The van der Waals surface area contributed by atoms with Gasteiger partial charge < -0.3 is 9.63 Å². The van der Waals surface area contributed by atoms with E-state index in [1.165, 1.54) is 24.3 Å². The largest absolute Gasteiger partial charge is 0.421 e. The molecule has 4 nitrogen and oxygen atoms in total. The lowest BCUT2D eigenvalue weighted by Gasteiger charge is -2.21. The molecule has 0 aliphatic carbocycles. The number of aliphatic hydroxyl groups is 1. The molecule has 3 aromatic carbocycles. The van der Waals surface area contributed by atoms with Crippen LogP contribution in [0.1, 0.15) is 22.8 Å². The first-order valence-corrected chi connectivity index (χ1v) is 10.4. The molecule has 0 spiro atoms. The maximum atomic E-state index is 13.6. The number of hydrogen-bond donors (Lipinski definition) is 1. The van der Waals surface area contributed by atoms with E-state index in [1.54, 1.807) is 24.3 Å². The summed E-state index contributed by atoms with van der Waals surface area (Å²) < 4.78 is 38.0. The molecule has 1 unspecified atom stereocenters. The topological polar surface area (TPSA) is 55.8 Å². The van der Waals surface area contributed by atoms with Gasteiger partial charge in [-0.2, -0.15) is 0 Å². The Morgan fingerprint density at radius 2 is 1.43 bits per heavy atom. The zero-order valence-corrected chi connectivity index (χ0v) is 16.6. The van der Waals surface area contributed by atoms with Gasteiger partial charge in [-0.15, -0.1) is 0 Å². The third-order valence-corrected chi connectivity index (χ3v) is 6.12. The van der Waals surface area contributed by atoms with Crippen molar-refractivity contribution in [1.82, 2.24) is 0 Å². The van der Waals surface area contributed by atoms with E-state index < -0.39 is 19.5 Å². The maximum absolute atomic E-state index is 13.6. The van der Waals surface area contributed by atoms with Crippen LogP contribution >= 0.6 is 7.60 Å². The summed E-state index contributed by atoms with van der Waals surface area (Å²) in [5.74, 6) is 0.00989. The fourth-order valence-corrected chi connectivity index (χ4v) is 4.13. The molecule has 0 amide bonds. The highest BCUT2D eigenvalue weighted by atomic mass is 31.2. The van der Waals surface area contributed by atoms with Gasteiger partial charge in [0.1, 0.15) is 17.7 Å². The number of rotatable bonds is 7. The molecule has 1 N–H and O–H groups in total. The van der Waals surface area contributed by atoms with Crippen molar-refractivity contribution in [3.8, 4) is 5.75 Å². The Kier molecular flexibility index (Phi) is 6.30. The first-order chi connectivity index (χ1) is 13.4. The Balaban J connectivity index is 1.83. The number of halogens is 1. The van der Waals surface area contributed by atoms with E-state index in [2.05, 4.69) is 0 Å². The van der Waals surface area contributed by atoms with Gasteiger partial charge in [0.25, 0.3) is 0 Å². The Labute approximate surface area is 164 Å². The van der Waals surface area contributed by atoms with E-state index >= 15 is 0 Å². The average Bonchev–Trinajstić information content (AvgIpc) is 2.69. The van der Waals surface area contributed by atoms with Crippen LogP contribution in [0.5, 0.6) is 5.75 Å². The van der Waals surface area contributed by atoms with Crippen molar-refractivity contribution in [3.05, 3.63) is 95.3 Å². The van der Waals surface area contributed by atoms with E-state index in [4.69, 9.17) is 9.05 Å². The van der Waals surface area contributed by atoms with E-state index in [1.807, 2.05) is 38.1 Å². The first kappa shape index (κ1) is 20.3. The first-order valence-electron chi connectivity index (χ1n) is 8.87. The lowest BCUT2D eigenvalue weighted by molar-refractivity contribution is 0.103. The van der Waals surface area contributed by atoms with Crippen molar-refractivity contribution in [2.45, 2.75) is 20.0 Å². The predicted molar refractivity (Wildman–Crippen MR) is 108 cm³/mol. The van der Waals surface area contributed by atoms with Crippen molar-refractivity contribution in [1.29, 1.82) is 0 Å². The van der Waals surface area contributed by atoms with Gasteiger partial charge >= 0.3 is 7.60 Å². The number of hydrogen-bond acceptors (Lipinski definition) is 4. The number of aliphatic hydroxyl groups excluding tert-OH is 1. The Morgan fingerprint density at radius 1 is 0.893 bits per heavy atom. The second-order valence-electron chi connectivity index (χ2n) is 6.60. The third kappa shape index (κ3) is 5.08. The summed E-state index contributed by atoms with van der Waals surface area (Å²) in [6.45, 7) is 3.61. The Morgan fingerprint density at radius 3 is 2.00 bits per heavy atom. The highest BCUT2D eigenvalue weighted by Gasteiger charge is 2.30. The summed E-state index contributed by atoms with van der Waals surface area (Å²) in [6, 6.07) is 19.6. The summed E-state index contributed by atoms with van der Waals surface area (Å²) in [5.41, 5.74) is 2.52. The fraction of sp³-hybridized carbons (Fsp3) is 0.182. The van der Waals surface area contributed by atoms with Gasteiger partial charge in [0.15, 0.2) is 0 Å². The maximum Gasteiger partial charge on any atom is 0.410 e. The molecule has 0 fully saturated rings. The second-order valence-corrected chi connectivity index (χ2v) is 8.55. The molecular formula is C22H22FO4P. The summed E-state index contributed by atoms with van der Waals surface area (Å²) >= 11 is 0. The monoisotopic (exact) mass is 400 g/mol. The molecule has 0 aliphatic rings. The minimum atomic E-state index is -3.75. The van der Waals surface area contributed by atoms with Gasteiger partial charge in [-0.05, 0) is 55.8 Å². The van der Waals surface area contributed by atoms with Gasteiger partial charge in [0.2, 0.25) is 0 Å². The lowest BCUT2D eigenvalue weighted by atomic mass is 10.1. The average molecular weight is 400 g/mol. The van der Waals surface area contributed by atoms with Gasteiger partial charge in [-0.1, -0.05) is 47.5 Å². The SMILES string of the molecule is Cc1ccc(OP(=O)(OC[C@@H](O)c2ccc(F)cc2)c2ccc(C)cc2)cc1. The van der Waals surface area contributed by atoms with E-state index in [0.29, 0.717) is 16.6 Å².